The number of hydrogen-bond donors (Lipinski definition) is 3. The largest absolute Gasteiger partial charge is 0.370 e. The summed E-state index contributed by atoms with van der Waals surface area (Å²) in [6.45, 7) is 5.39. The number of hydrogen-bond acceptors (Lipinski definition) is 4. The summed E-state index contributed by atoms with van der Waals surface area (Å²) in [5.74, 6) is 0. The van der Waals surface area contributed by atoms with Gasteiger partial charge in [0.2, 0.25) is 0 Å². The highest BCUT2D eigenvalue weighted by atomic mass is 32.2. The molecule has 7 nitrogen and oxygen atoms in total. The molecule has 1 heterocycles. The van der Waals surface area contributed by atoms with E-state index in [0.29, 0.717) is 35.5 Å². The van der Waals surface area contributed by atoms with Crippen LogP contribution in [0, 0.1) is 0 Å². The highest BCUT2D eigenvalue weighted by Crippen LogP contribution is 2.31. The van der Waals surface area contributed by atoms with Crippen molar-refractivity contribution in [1.29, 1.82) is 0 Å². The van der Waals surface area contributed by atoms with Crippen molar-refractivity contribution in [3.05, 3.63) is 52.9 Å². The van der Waals surface area contributed by atoms with Crippen LogP contribution in [0.25, 0.3) is 11.0 Å². The van der Waals surface area contributed by atoms with Crippen LogP contribution in [0.2, 0.25) is 0 Å². The van der Waals surface area contributed by atoms with Gasteiger partial charge in [0.05, 0.1) is 27.3 Å². The quantitative estimate of drug-likeness (QED) is 0.629. The van der Waals surface area contributed by atoms with Crippen LogP contribution in [-0.4, -0.2) is 31.5 Å². The summed E-state index contributed by atoms with van der Waals surface area (Å²) < 4.78 is 28.0. The molecular weight excluding hydrogens is 340 g/mol. The Labute approximate surface area is 145 Å². The van der Waals surface area contributed by atoms with Crippen LogP contribution in [0.15, 0.2) is 52.2 Å². The number of H-pyrrole nitrogens is 2. The van der Waals surface area contributed by atoms with E-state index in [2.05, 4.69) is 14.7 Å². The molecule has 0 radical (unpaired) electrons. The number of benzene rings is 2. The van der Waals surface area contributed by atoms with Gasteiger partial charge >= 0.3 is 5.69 Å². The van der Waals surface area contributed by atoms with Crippen molar-refractivity contribution >= 4 is 32.4 Å². The second kappa shape index (κ2) is 6.64. The molecule has 3 aromatic rings. The van der Waals surface area contributed by atoms with Crippen molar-refractivity contribution in [2.24, 2.45) is 0 Å². The van der Waals surface area contributed by atoms with Gasteiger partial charge in [-0.25, -0.2) is 13.2 Å². The van der Waals surface area contributed by atoms with Crippen molar-refractivity contribution in [2.45, 2.75) is 18.7 Å². The molecule has 0 aliphatic heterocycles. The van der Waals surface area contributed by atoms with Crippen molar-refractivity contribution in [1.82, 2.24) is 9.97 Å². The van der Waals surface area contributed by atoms with Crippen molar-refractivity contribution in [3.63, 3.8) is 0 Å². The fourth-order valence-electron chi connectivity index (χ4n) is 2.78. The first-order valence-electron chi connectivity index (χ1n) is 8.03. The Balaban J connectivity index is 2.13. The first-order valence-corrected chi connectivity index (χ1v) is 9.51. The molecule has 25 heavy (non-hydrogen) atoms. The Morgan fingerprint density at radius 3 is 2.20 bits per heavy atom. The number of rotatable bonds is 6. The first-order chi connectivity index (χ1) is 11.9. The Morgan fingerprint density at radius 1 is 1.00 bits per heavy atom. The molecule has 0 saturated heterocycles. The third kappa shape index (κ3) is 3.39. The van der Waals surface area contributed by atoms with Gasteiger partial charge in [-0.15, -0.1) is 0 Å². The maximum Gasteiger partial charge on any atom is 0.323 e. The number of imidazole rings is 1. The molecule has 0 spiro atoms. The lowest BCUT2D eigenvalue weighted by Gasteiger charge is -2.24. The third-order valence-electron chi connectivity index (χ3n) is 4.03. The molecule has 1 aromatic heterocycles. The SMILES string of the molecule is CCN(CC)c1cc2[nH]c(=O)[nH]c2cc1NS(=O)(=O)c1ccccc1. The van der Waals surface area contributed by atoms with E-state index in [0.717, 1.165) is 0 Å². The number of nitrogens with one attached hydrogen (secondary N) is 3. The molecule has 0 bridgehead atoms. The van der Waals surface area contributed by atoms with E-state index in [1.165, 1.54) is 12.1 Å². The Bertz CT molecular complexity index is 1030. The second-order valence-corrected chi connectivity index (χ2v) is 7.27. The number of anilines is 2. The van der Waals surface area contributed by atoms with Crippen LogP contribution in [0.1, 0.15) is 13.8 Å². The summed E-state index contributed by atoms with van der Waals surface area (Å²) in [6.07, 6.45) is 0. The molecule has 0 aliphatic carbocycles. The summed E-state index contributed by atoms with van der Waals surface area (Å²) in [5, 5.41) is 0. The normalized spacial score (nSPS) is 11.6. The van der Waals surface area contributed by atoms with Crippen LogP contribution in [-0.2, 0) is 10.0 Å². The molecular formula is C17H20N4O3S. The van der Waals surface area contributed by atoms with Gasteiger partial charge in [0, 0.05) is 13.1 Å². The van der Waals surface area contributed by atoms with E-state index in [4.69, 9.17) is 0 Å². The molecule has 132 valence electrons. The van der Waals surface area contributed by atoms with Gasteiger partial charge in [-0.05, 0) is 38.1 Å². The van der Waals surface area contributed by atoms with Crippen LogP contribution in [0.4, 0.5) is 11.4 Å². The molecule has 0 unspecified atom stereocenters. The van der Waals surface area contributed by atoms with Gasteiger partial charge in [-0.2, -0.15) is 0 Å². The minimum atomic E-state index is -3.73. The van der Waals surface area contributed by atoms with Crippen LogP contribution in [0.3, 0.4) is 0 Å². The smallest absolute Gasteiger partial charge is 0.323 e. The summed E-state index contributed by atoms with van der Waals surface area (Å²) in [6, 6.07) is 11.6. The zero-order chi connectivity index (χ0) is 18.0. The van der Waals surface area contributed by atoms with E-state index in [9.17, 15) is 13.2 Å². The van der Waals surface area contributed by atoms with Crippen LogP contribution < -0.4 is 15.3 Å². The Hall–Kier alpha value is -2.74. The minimum absolute atomic E-state index is 0.183. The van der Waals surface area contributed by atoms with E-state index in [1.54, 1.807) is 30.3 Å². The third-order valence-corrected chi connectivity index (χ3v) is 5.42. The topological polar surface area (TPSA) is 98.1 Å². The van der Waals surface area contributed by atoms with Gasteiger partial charge in [0.25, 0.3) is 10.0 Å². The van der Waals surface area contributed by atoms with Gasteiger partial charge in [-0.1, -0.05) is 18.2 Å². The number of sulfonamides is 1. The van der Waals surface area contributed by atoms with Crippen molar-refractivity contribution in [3.8, 4) is 0 Å². The molecule has 2 aromatic carbocycles. The fraction of sp³-hybridized carbons (Fsp3) is 0.235. The molecule has 0 fully saturated rings. The van der Waals surface area contributed by atoms with E-state index in [-0.39, 0.29) is 10.6 Å². The molecule has 0 saturated carbocycles. The van der Waals surface area contributed by atoms with Gasteiger partial charge in [0.1, 0.15) is 0 Å². The summed E-state index contributed by atoms with van der Waals surface area (Å²) in [4.78, 5) is 19.1. The zero-order valence-electron chi connectivity index (χ0n) is 14.0. The Morgan fingerprint density at radius 2 is 1.60 bits per heavy atom. The van der Waals surface area contributed by atoms with Crippen molar-refractivity contribution < 1.29 is 8.42 Å². The predicted octanol–water partition coefficient (Wildman–Crippen LogP) is 2.50. The molecule has 8 heteroatoms. The van der Waals surface area contributed by atoms with Crippen LogP contribution >= 0.6 is 0 Å². The highest BCUT2D eigenvalue weighted by Gasteiger charge is 2.19. The predicted molar refractivity (Wildman–Crippen MR) is 99.7 cm³/mol. The Kier molecular flexibility index (Phi) is 4.54. The molecule has 0 aliphatic rings. The lowest BCUT2D eigenvalue weighted by atomic mass is 10.2. The zero-order valence-corrected chi connectivity index (χ0v) is 14.9. The van der Waals surface area contributed by atoms with Gasteiger partial charge in [-0.3, -0.25) is 4.72 Å². The number of aromatic nitrogens is 2. The standard InChI is InChI=1S/C17H20N4O3S/c1-3-21(4-2)16-11-14-13(18-17(22)19-14)10-15(16)20-25(23,24)12-8-6-5-7-9-12/h5-11,20H,3-4H2,1-2H3,(H2,18,19,22). The van der Waals surface area contributed by atoms with E-state index in [1.807, 2.05) is 18.7 Å². The number of nitrogens with zero attached hydrogens (tertiary/aromatic N) is 1. The molecule has 3 rings (SSSR count). The molecule has 3 N–H and O–H groups in total. The maximum absolute atomic E-state index is 12.7. The van der Waals surface area contributed by atoms with Gasteiger partial charge < -0.3 is 14.9 Å². The summed E-state index contributed by atoms with van der Waals surface area (Å²) in [5.41, 5.74) is 1.99. The number of aromatic amines is 2. The average molecular weight is 360 g/mol. The fourth-order valence-corrected chi connectivity index (χ4v) is 3.87. The van der Waals surface area contributed by atoms with Crippen molar-refractivity contribution in [2.75, 3.05) is 22.7 Å². The lowest BCUT2D eigenvalue weighted by molar-refractivity contribution is 0.601. The summed E-state index contributed by atoms with van der Waals surface area (Å²) >= 11 is 0. The van der Waals surface area contributed by atoms with E-state index >= 15 is 0 Å². The number of fused-ring (bicyclic) bond motifs is 1. The molecule has 0 amide bonds. The maximum atomic E-state index is 12.7. The van der Waals surface area contributed by atoms with E-state index < -0.39 is 10.0 Å². The van der Waals surface area contributed by atoms with Gasteiger partial charge in [0.15, 0.2) is 0 Å². The minimum Gasteiger partial charge on any atom is -0.370 e. The average Bonchev–Trinajstić information content (AvgIpc) is 2.95. The monoisotopic (exact) mass is 360 g/mol. The highest BCUT2D eigenvalue weighted by molar-refractivity contribution is 7.92. The lowest BCUT2D eigenvalue weighted by Crippen LogP contribution is -2.24. The first kappa shape index (κ1) is 17.1. The summed E-state index contributed by atoms with van der Waals surface area (Å²) in [7, 11) is -3.73. The molecule has 0 atom stereocenters. The van der Waals surface area contributed by atoms with Crippen LogP contribution in [0.5, 0.6) is 0 Å². The second-order valence-electron chi connectivity index (χ2n) is 5.58.